The minimum atomic E-state index is 0.208. The third-order valence-corrected chi connectivity index (χ3v) is 5.05. The van der Waals surface area contributed by atoms with Gasteiger partial charge in [0.15, 0.2) is 0 Å². The van der Waals surface area contributed by atoms with Gasteiger partial charge in [-0.15, -0.1) is 0 Å². The van der Waals surface area contributed by atoms with Gasteiger partial charge in [-0.3, -0.25) is 4.79 Å². The molecule has 0 aromatic heterocycles. The molecule has 0 aliphatic carbocycles. The van der Waals surface area contributed by atoms with Crippen molar-refractivity contribution in [3.63, 3.8) is 0 Å². The van der Waals surface area contributed by atoms with E-state index in [1.807, 2.05) is 12.1 Å². The zero-order valence-electron chi connectivity index (χ0n) is 15.2. The lowest BCUT2D eigenvalue weighted by Gasteiger charge is -2.34. The Morgan fingerprint density at radius 2 is 1.88 bits per heavy atom. The highest BCUT2D eigenvalue weighted by Crippen LogP contribution is 2.26. The smallest absolute Gasteiger partial charge is 0.220 e. The van der Waals surface area contributed by atoms with Crippen molar-refractivity contribution in [2.24, 2.45) is 5.41 Å². The van der Waals surface area contributed by atoms with Crippen LogP contribution in [0.5, 0.6) is 5.75 Å². The van der Waals surface area contributed by atoms with E-state index in [1.165, 1.54) is 5.56 Å². The van der Waals surface area contributed by atoms with E-state index >= 15 is 0 Å². The number of benzene rings is 1. The molecule has 1 fully saturated rings. The second kappa shape index (κ2) is 9.67. The monoisotopic (exact) mass is 332 g/mol. The molecule has 1 aliphatic rings. The number of unbranched alkanes of at least 4 members (excludes halogenated alkanes) is 2. The van der Waals surface area contributed by atoms with Crippen LogP contribution in [0, 0.1) is 5.41 Å². The third-order valence-electron chi connectivity index (χ3n) is 5.05. The predicted octanol–water partition coefficient (Wildman–Crippen LogP) is 3.30. The van der Waals surface area contributed by atoms with Gasteiger partial charge in [-0.05, 0) is 68.3 Å². The van der Waals surface area contributed by atoms with Gasteiger partial charge in [0, 0.05) is 13.0 Å². The van der Waals surface area contributed by atoms with Gasteiger partial charge in [0.1, 0.15) is 5.75 Å². The van der Waals surface area contributed by atoms with Crippen LogP contribution in [0.25, 0.3) is 0 Å². The Balaban J connectivity index is 1.54. The number of nitrogens with one attached hydrogen (secondary N) is 2. The molecule has 24 heavy (non-hydrogen) atoms. The Labute approximate surface area is 146 Å². The van der Waals surface area contributed by atoms with Crippen molar-refractivity contribution in [1.29, 1.82) is 0 Å². The molecule has 1 heterocycles. The minimum absolute atomic E-state index is 0.208. The van der Waals surface area contributed by atoms with Gasteiger partial charge in [-0.2, -0.15) is 0 Å². The van der Waals surface area contributed by atoms with Crippen molar-refractivity contribution in [3.05, 3.63) is 29.8 Å². The number of hydrogen-bond donors (Lipinski definition) is 2. The largest absolute Gasteiger partial charge is 0.497 e. The topological polar surface area (TPSA) is 50.4 Å². The third kappa shape index (κ3) is 6.52. The summed E-state index contributed by atoms with van der Waals surface area (Å²) >= 11 is 0. The van der Waals surface area contributed by atoms with Crippen molar-refractivity contribution in [2.45, 2.75) is 51.9 Å². The van der Waals surface area contributed by atoms with Crippen LogP contribution in [-0.4, -0.2) is 32.7 Å². The molecule has 0 unspecified atom stereocenters. The summed E-state index contributed by atoms with van der Waals surface area (Å²) in [7, 11) is 1.69. The van der Waals surface area contributed by atoms with Gasteiger partial charge in [0.2, 0.25) is 5.91 Å². The second-order valence-corrected chi connectivity index (χ2v) is 7.25. The van der Waals surface area contributed by atoms with Gasteiger partial charge in [0.25, 0.3) is 0 Å². The van der Waals surface area contributed by atoms with E-state index in [0.717, 1.165) is 63.9 Å². The van der Waals surface area contributed by atoms with Crippen molar-refractivity contribution >= 4 is 5.91 Å². The molecule has 1 saturated heterocycles. The summed E-state index contributed by atoms with van der Waals surface area (Å²) in [6.07, 6.45) is 7.21. The van der Waals surface area contributed by atoms with E-state index in [2.05, 4.69) is 29.7 Å². The van der Waals surface area contributed by atoms with E-state index in [1.54, 1.807) is 7.11 Å². The number of methoxy groups -OCH3 is 1. The van der Waals surface area contributed by atoms with Gasteiger partial charge in [-0.25, -0.2) is 0 Å². The standard InChI is InChI=1S/C20H32N2O2/c1-20(12-14-21-15-13-20)16-22-19(23)7-5-3-4-6-17-8-10-18(24-2)11-9-17/h8-11,21H,3-7,12-16H2,1-2H3,(H,22,23). The first-order valence-corrected chi connectivity index (χ1v) is 9.22. The van der Waals surface area contributed by atoms with Crippen LogP contribution < -0.4 is 15.4 Å². The maximum Gasteiger partial charge on any atom is 0.220 e. The number of carbonyl (C=O) groups excluding carboxylic acids is 1. The first-order chi connectivity index (χ1) is 11.6. The SMILES string of the molecule is COc1ccc(CCCCCC(=O)NCC2(C)CCNCC2)cc1. The molecule has 4 heteroatoms. The summed E-state index contributed by atoms with van der Waals surface area (Å²) in [5.74, 6) is 1.11. The quantitative estimate of drug-likeness (QED) is 0.682. The fourth-order valence-corrected chi connectivity index (χ4v) is 3.19. The van der Waals surface area contributed by atoms with Crippen molar-refractivity contribution in [2.75, 3.05) is 26.7 Å². The first kappa shape index (κ1) is 18.8. The molecule has 0 bridgehead atoms. The van der Waals surface area contributed by atoms with E-state index in [0.29, 0.717) is 6.42 Å². The number of amides is 1. The normalized spacial score (nSPS) is 16.6. The molecule has 0 radical (unpaired) electrons. The fraction of sp³-hybridized carbons (Fsp3) is 0.650. The van der Waals surface area contributed by atoms with E-state index in [4.69, 9.17) is 4.74 Å². The Morgan fingerprint density at radius 1 is 1.17 bits per heavy atom. The predicted molar refractivity (Wildman–Crippen MR) is 98.4 cm³/mol. The van der Waals surface area contributed by atoms with Crippen LogP contribution in [-0.2, 0) is 11.2 Å². The number of piperidine rings is 1. The van der Waals surface area contributed by atoms with Crippen LogP contribution in [0.1, 0.15) is 51.0 Å². The summed E-state index contributed by atoms with van der Waals surface area (Å²) in [6.45, 7) is 5.23. The molecule has 1 aliphatic heterocycles. The molecule has 0 saturated carbocycles. The summed E-state index contributed by atoms with van der Waals surface area (Å²) in [5.41, 5.74) is 1.61. The molecule has 1 amide bonds. The van der Waals surface area contributed by atoms with E-state index in [-0.39, 0.29) is 11.3 Å². The highest BCUT2D eigenvalue weighted by Gasteiger charge is 2.26. The molecule has 4 nitrogen and oxygen atoms in total. The Kier molecular flexibility index (Phi) is 7.57. The lowest BCUT2D eigenvalue weighted by molar-refractivity contribution is -0.121. The molecule has 0 spiro atoms. The average Bonchev–Trinajstić information content (AvgIpc) is 2.61. The summed E-state index contributed by atoms with van der Waals surface area (Å²) < 4.78 is 5.16. The zero-order valence-corrected chi connectivity index (χ0v) is 15.2. The lowest BCUT2D eigenvalue weighted by atomic mass is 9.81. The van der Waals surface area contributed by atoms with Crippen molar-refractivity contribution in [1.82, 2.24) is 10.6 Å². The highest BCUT2D eigenvalue weighted by molar-refractivity contribution is 5.75. The number of ether oxygens (including phenoxy) is 1. The average molecular weight is 332 g/mol. The van der Waals surface area contributed by atoms with Gasteiger partial charge in [0.05, 0.1) is 7.11 Å². The molecule has 1 aromatic carbocycles. The maximum absolute atomic E-state index is 12.0. The van der Waals surface area contributed by atoms with Crippen LogP contribution in [0.3, 0.4) is 0 Å². The van der Waals surface area contributed by atoms with Gasteiger partial charge in [-0.1, -0.05) is 25.5 Å². The Bertz CT molecular complexity index is 493. The molecule has 134 valence electrons. The number of aryl methyl sites for hydroxylation is 1. The van der Waals surface area contributed by atoms with Crippen LogP contribution in [0.4, 0.5) is 0 Å². The summed E-state index contributed by atoms with van der Waals surface area (Å²) in [6, 6.07) is 8.24. The van der Waals surface area contributed by atoms with Crippen molar-refractivity contribution in [3.8, 4) is 5.75 Å². The van der Waals surface area contributed by atoms with E-state index < -0.39 is 0 Å². The number of carbonyl (C=O) groups is 1. The molecule has 0 atom stereocenters. The van der Waals surface area contributed by atoms with E-state index in [9.17, 15) is 4.79 Å². The Hall–Kier alpha value is -1.55. The second-order valence-electron chi connectivity index (χ2n) is 7.25. The van der Waals surface area contributed by atoms with Gasteiger partial charge < -0.3 is 15.4 Å². The van der Waals surface area contributed by atoms with Crippen molar-refractivity contribution < 1.29 is 9.53 Å². The van der Waals surface area contributed by atoms with Gasteiger partial charge >= 0.3 is 0 Å². The molecular weight excluding hydrogens is 300 g/mol. The number of rotatable bonds is 9. The van der Waals surface area contributed by atoms with Crippen LogP contribution >= 0.6 is 0 Å². The molecular formula is C20H32N2O2. The lowest BCUT2D eigenvalue weighted by Crippen LogP contribution is -2.42. The maximum atomic E-state index is 12.0. The highest BCUT2D eigenvalue weighted by atomic mass is 16.5. The zero-order chi connectivity index (χ0) is 17.3. The Morgan fingerprint density at radius 3 is 2.54 bits per heavy atom. The van der Waals surface area contributed by atoms with Crippen LogP contribution in [0.2, 0.25) is 0 Å². The fourth-order valence-electron chi connectivity index (χ4n) is 3.19. The molecule has 2 N–H and O–H groups in total. The minimum Gasteiger partial charge on any atom is -0.497 e. The molecule has 1 aromatic rings. The van der Waals surface area contributed by atoms with Crippen LogP contribution in [0.15, 0.2) is 24.3 Å². The summed E-state index contributed by atoms with van der Waals surface area (Å²) in [5, 5.41) is 6.51. The first-order valence-electron chi connectivity index (χ1n) is 9.22. The molecule has 2 rings (SSSR count). The number of hydrogen-bond acceptors (Lipinski definition) is 3. The summed E-state index contributed by atoms with van der Waals surface area (Å²) in [4.78, 5) is 12.0.